The van der Waals surface area contributed by atoms with Gasteiger partial charge in [0.05, 0.1) is 0 Å². The quantitative estimate of drug-likeness (QED) is 0.599. The van der Waals surface area contributed by atoms with Gasteiger partial charge in [-0.1, -0.05) is 12.2 Å². The van der Waals surface area contributed by atoms with Crippen molar-refractivity contribution in [2.24, 2.45) is 0 Å². The van der Waals surface area contributed by atoms with Gasteiger partial charge in [0.1, 0.15) is 5.60 Å². The first-order chi connectivity index (χ1) is 5.19. The monoisotopic (exact) mass is 152 g/mol. The van der Waals surface area contributed by atoms with Crippen LogP contribution >= 0.6 is 0 Å². The van der Waals surface area contributed by atoms with Crippen molar-refractivity contribution in [3.05, 3.63) is 24.3 Å². The van der Waals surface area contributed by atoms with E-state index in [0.717, 1.165) is 0 Å². The number of hydrogen-bond acceptors (Lipinski definition) is 2. The lowest BCUT2D eigenvalue weighted by atomic mass is 9.96. The highest BCUT2D eigenvalue weighted by Crippen LogP contribution is 2.17. The molecule has 2 nitrogen and oxygen atoms in total. The van der Waals surface area contributed by atoms with Crippen LogP contribution in [0.4, 0.5) is 0 Å². The van der Waals surface area contributed by atoms with Crippen molar-refractivity contribution in [2.45, 2.75) is 19.4 Å². The average Bonchev–Trinajstić information content (AvgIpc) is 1.96. The number of allylic oxidation sites excluding steroid dienone is 2. The molecule has 0 N–H and O–H groups in total. The average molecular weight is 152 g/mol. The Labute approximate surface area is 66.5 Å². The van der Waals surface area contributed by atoms with Crippen molar-refractivity contribution >= 4 is 5.78 Å². The van der Waals surface area contributed by atoms with Crippen LogP contribution in [0, 0.1) is 0 Å². The van der Waals surface area contributed by atoms with Crippen LogP contribution < -0.4 is 0 Å². The predicted octanol–water partition coefficient (Wildman–Crippen LogP) is 1.48. The minimum Gasteiger partial charge on any atom is -0.363 e. The number of ketones is 1. The van der Waals surface area contributed by atoms with Gasteiger partial charge in [0.2, 0.25) is 0 Å². The standard InChI is InChI=1S/C9H12O2/c1-3-11-9(2)7-5-4-6-8(9)10/h4-7H,3H2,1-2H3. The molecule has 2 heteroatoms. The topological polar surface area (TPSA) is 26.3 Å². The molecular formula is C9H12O2. The Kier molecular flexibility index (Phi) is 2.25. The lowest BCUT2D eigenvalue weighted by Gasteiger charge is -2.24. The van der Waals surface area contributed by atoms with Crippen molar-refractivity contribution in [3.63, 3.8) is 0 Å². The number of carbonyl (C=O) groups is 1. The third kappa shape index (κ3) is 1.57. The molecule has 0 radical (unpaired) electrons. The normalized spacial score (nSPS) is 29.5. The SMILES string of the molecule is CCOC1(C)C=CC=CC1=O. The van der Waals surface area contributed by atoms with Gasteiger partial charge in [-0.15, -0.1) is 0 Å². The van der Waals surface area contributed by atoms with Gasteiger partial charge < -0.3 is 4.74 Å². The molecule has 0 fully saturated rings. The summed E-state index contributed by atoms with van der Waals surface area (Å²) in [6, 6.07) is 0. The van der Waals surface area contributed by atoms with E-state index in [-0.39, 0.29) is 5.78 Å². The van der Waals surface area contributed by atoms with E-state index in [1.807, 2.05) is 13.0 Å². The summed E-state index contributed by atoms with van der Waals surface area (Å²) in [5.74, 6) is 0.0156. The lowest BCUT2D eigenvalue weighted by molar-refractivity contribution is -0.131. The molecule has 0 aromatic carbocycles. The van der Waals surface area contributed by atoms with Gasteiger partial charge >= 0.3 is 0 Å². The second-order valence-electron chi connectivity index (χ2n) is 2.62. The summed E-state index contributed by atoms with van der Waals surface area (Å²) in [4.78, 5) is 11.2. The number of rotatable bonds is 2. The van der Waals surface area contributed by atoms with E-state index in [2.05, 4.69) is 0 Å². The molecule has 0 saturated heterocycles. The molecule has 1 unspecified atom stereocenters. The van der Waals surface area contributed by atoms with Crippen molar-refractivity contribution < 1.29 is 9.53 Å². The predicted molar refractivity (Wildman–Crippen MR) is 43.3 cm³/mol. The highest BCUT2D eigenvalue weighted by atomic mass is 16.5. The maximum absolute atomic E-state index is 11.2. The summed E-state index contributed by atoms with van der Waals surface area (Å²) in [5, 5.41) is 0. The summed E-state index contributed by atoms with van der Waals surface area (Å²) in [6.45, 7) is 4.21. The van der Waals surface area contributed by atoms with E-state index < -0.39 is 5.60 Å². The Bertz CT molecular complexity index is 216. The van der Waals surface area contributed by atoms with Crippen LogP contribution in [0.1, 0.15) is 13.8 Å². The van der Waals surface area contributed by atoms with Crippen LogP contribution in [0.15, 0.2) is 24.3 Å². The smallest absolute Gasteiger partial charge is 0.191 e. The summed E-state index contributed by atoms with van der Waals surface area (Å²) < 4.78 is 5.29. The molecule has 11 heavy (non-hydrogen) atoms. The van der Waals surface area contributed by atoms with Crippen LogP contribution in [0.2, 0.25) is 0 Å². The third-order valence-corrected chi connectivity index (χ3v) is 1.71. The fourth-order valence-corrected chi connectivity index (χ4v) is 1.05. The van der Waals surface area contributed by atoms with Crippen LogP contribution in [0.3, 0.4) is 0 Å². The molecule has 1 aliphatic rings. The second kappa shape index (κ2) is 3.01. The molecule has 0 saturated carbocycles. The van der Waals surface area contributed by atoms with Crippen molar-refractivity contribution in [2.75, 3.05) is 6.61 Å². The minimum atomic E-state index is -0.719. The van der Waals surface area contributed by atoms with E-state index in [9.17, 15) is 4.79 Å². The Balaban J connectivity index is 2.77. The molecule has 1 atom stereocenters. The fourth-order valence-electron chi connectivity index (χ4n) is 1.05. The first kappa shape index (κ1) is 8.21. The van der Waals surface area contributed by atoms with Crippen LogP contribution in [0.25, 0.3) is 0 Å². The van der Waals surface area contributed by atoms with Gasteiger partial charge in [0.15, 0.2) is 5.78 Å². The minimum absolute atomic E-state index is 0.0156. The van der Waals surface area contributed by atoms with Gasteiger partial charge in [0, 0.05) is 6.61 Å². The lowest BCUT2D eigenvalue weighted by Crippen LogP contribution is -2.36. The Morgan fingerprint density at radius 3 is 2.82 bits per heavy atom. The largest absolute Gasteiger partial charge is 0.363 e. The van der Waals surface area contributed by atoms with Crippen molar-refractivity contribution in [1.29, 1.82) is 0 Å². The molecule has 0 amide bonds. The number of ether oxygens (including phenoxy) is 1. The van der Waals surface area contributed by atoms with Gasteiger partial charge in [-0.25, -0.2) is 0 Å². The summed E-state index contributed by atoms with van der Waals surface area (Å²) in [6.07, 6.45) is 6.87. The maximum Gasteiger partial charge on any atom is 0.191 e. The molecule has 1 aliphatic carbocycles. The summed E-state index contributed by atoms with van der Waals surface area (Å²) in [5.41, 5.74) is -0.719. The third-order valence-electron chi connectivity index (χ3n) is 1.71. The van der Waals surface area contributed by atoms with Gasteiger partial charge in [-0.05, 0) is 26.0 Å². The van der Waals surface area contributed by atoms with Crippen LogP contribution in [0.5, 0.6) is 0 Å². The van der Waals surface area contributed by atoms with Gasteiger partial charge in [-0.3, -0.25) is 4.79 Å². The zero-order valence-electron chi connectivity index (χ0n) is 6.83. The Morgan fingerprint density at radius 2 is 2.27 bits per heavy atom. The summed E-state index contributed by atoms with van der Waals surface area (Å²) in [7, 11) is 0. The maximum atomic E-state index is 11.2. The zero-order valence-corrected chi connectivity index (χ0v) is 6.83. The van der Waals surface area contributed by atoms with Gasteiger partial charge in [-0.2, -0.15) is 0 Å². The molecule has 0 aliphatic heterocycles. The molecule has 60 valence electrons. The first-order valence-corrected chi connectivity index (χ1v) is 3.73. The van der Waals surface area contributed by atoms with Crippen molar-refractivity contribution in [1.82, 2.24) is 0 Å². The molecule has 0 heterocycles. The highest BCUT2D eigenvalue weighted by Gasteiger charge is 2.29. The van der Waals surface area contributed by atoms with E-state index in [1.165, 1.54) is 6.08 Å². The van der Waals surface area contributed by atoms with Crippen LogP contribution in [-0.2, 0) is 9.53 Å². The highest BCUT2D eigenvalue weighted by molar-refractivity contribution is 5.99. The molecule has 0 bridgehead atoms. The molecular weight excluding hydrogens is 140 g/mol. The molecule has 0 aromatic rings. The Hall–Kier alpha value is -0.890. The molecule has 1 rings (SSSR count). The molecule has 0 spiro atoms. The zero-order chi connectivity index (χ0) is 8.32. The Morgan fingerprint density at radius 1 is 1.55 bits per heavy atom. The van der Waals surface area contributed by atoms with E-state index in [4.69, 9.17) is 4.74 Å². The second-order valence-corrected chi connectivity index (χ2v) is 2.62. The van der Waals surface area contributed by atoms with E-state index in [1.54, 1.807) is 19.1 Å². The fraction of sp³-hybridized carbons (Fsp3) is 0.444. The number of carbonyl (C=O) groups excluding carboxylic acids is 1. The first-order valence-electron chi connectivity index (χ1n) is 3.73. The number of hydrogen-bond donors (Lipinski definition) is 0. The summed E-state index contributed by atoms with van der Waals surface area (Å²) >= 11 is 0. The van der Waals surface area contributed by atoms with E-state index >= 15 is 0 Å². The van der Waals surface area contributed by atoms with E-state index in [0.29, 0.717) is 6.61 Å². The van der Waals surface area contributed by atoms with Crippen LogP contribution in [-0.4, -0.2) is 18.0 Å². The van der Waals surface area contributed by atoms with Gasteiger partial charge in [0.25, 0.3) is 0 Å². The molecule has 0 aromatic heterocycles. The van der Waals surface area contributed by atoms with Crippen molar-refractivity contribution in [3.8, 4) is 0 Å².